The second kappa shape index (κ2) is 8.91. The summed E-state index contributed by atoms with van der Waals surface area (Å²) in [7, 11) is 1.61. The fourth-order valence-electron chi connectivity index (χ4n) is 2.66. The molecule has 136 valence electrons. The van der Waals surface area contributed by atoms with Crippen LogP contribution in [-0.4, -0.2) is 43.0 Å². The molecule has 1 unspecified atom stereocenters. The standard InChI is InChI=1S/C19H21N3O2S2/c1-20-18(23)17-13-22(15-9-5-6-10-16(15)24-17)19(25)21-11-12-26-14-7-3-2-4-8-14/h2-10,17H,11-13H2,1H3,(H,20,23)(H,21,25). The average molecular weight is 388 g/mol. The van der Waals surface area contributed by atoms with Crippen LogP contribution in [0.2, 0.25) is 0 Å². The Morgan fingerprint density at radius 1 is 1.23 bits per heavy atom. The molecule has 1 atom stereocenters. The summed E-state index contributed by atoms with van der Waals surface area (Å²) in [5.74, 6) is 1.40. The monoisotopic (exact) mass is 387 g/mol. The van der Waals surface area contributed by atoms with Crippen molar-refractivity contribution in [2.24, 2.45) is 0 Å². The van der Waals surface area contributed by atoms with Crippen LogP contribution in [0.25, 0.3) is 0 Å². The van der Waals surface area contributed by atoms with Crippen LogP contribution < -0.4 is 20.3 Å². The molecule has 0 aromatic heterocycles. The van der Waals surface area contributed by atoms with E-state index < -0.39 is 6.10 Å². The molecule has 2 N–H and O–H groups in total. The van der Waals surface area contributed by atoms with E-state index in [1.165, 1.54) is 4.90 Å². The maximum absolute atomic E-state index is 12.0. The smallest absolute Gasteiger partial charge is 0.262 e. The van der Waals surface area contributed by atoms with Gasteiger partial charge in [-0.05, 0) is 36.5 Å². The summed E-state index contributed by atoms with van der Waals surface area (Å²) in [6.45, 7) is 1.12. The van der Waals surface area contributed by atoms with Crippen molar-refractivity contribution >= 4 is 40.7 Å². The number of thioether (sulfide) groups is 1. The van der Waals surface area contributed by atoms with Gasteiger partial charge in [-0.2, -0.15) is 0 Å². The molecule has 26 heavy (non-hydrogen) atoms. The zero-order valence-corrected chi connectivity index (χ0v) is 16.1. The lowest BCUT2D eigenvalue weighted by Crippen LogP contribution is -2.52. The Labute approximate surface area is 163 Å². The molecule has 1 aliphatic rings. The first-order valence-electron chi connectivity index (χ1n) is 8.39. The number of carbonyl (C=O) groups is 1. The molecule has 2 aromatic carbocycles. The number of fused-ring (bicyclic) bond motifs is 1. The molecule has 0 bridgehead atoms. The molecular formula is C19H21N3O2S2. The highest BCUT2D eigenvalue weighted by Crippen LogP contribution is 2.33. The first kappa shape index (κ1) is 18.5. The normalized spacial score (nSPS) is 15.6. The zero-order chi connectivity index (χ0) is 18.4. The van der Waals surface area contributed by atoms with Gasteiger partial charge in [-0.25, -0.2) is 0 Å². The Morgan fingerprint density at radius 2 is 1.96 bits per heavy atom. The third-order valence-corrected chi connectivity index (χ3v) is 5.33. The van der Waals surface area contributed by atoms with Gasteiger partial charge in [0.25, 0.3) is 5.91 Å². The van der Waals surface area contributed by atoms with Gasteiger partial charge in [0.15, 0.2) is 11.2 Å². The fraction of sp³-hybridized carbons (Fsp3) is 0.263. The maximum atomic E-state index is 12.0. The molecule has 7 heteroatoms. The summed E-state index contributed by atoms with van der Waals surface area (Å²) in [5, 5.41) is 6.53. The molecule has 0 aliphatic carbocycles. The molecule has 0 spiro atoms. The Hall–Kier alpha value is -2.25. The molecule has 1 amide bonds. The highest BCUT2D eigenvalue weighted by Gasteiger charge is 2.31. The van der Waals surface area contributed by atoms with Gasteiger partial charge in [0, 0.05) is 24.2 Å². The Kier molecular flexibility index (Phi) is 6.35. The number of para-hydroxylation sites is 2. The van der Waals surface area contributed by atoms with Gasteiger partial charge in [0.05, 0.1) is 12.2 Å². The highest BCUT2D eigenvalue weighted by atomic mass is 32.2. The van der Waals surface area contributed by atoms with Gasteiger partial charge in [0.2, 0.25) is 0 Å². The van der Waals surface area contributed by atoms with E-state index >= 15 is 0 Å². The van der Waals surface area contributed by atoms with Crippen molar-refractivity contribution in [3.63, 3.8) is 0 Å². The lowest BCUT2D eigenvalue weighted by Gasteiger charge is -2.35. The predicted molar refractivity (Wildman–Crippen MR) is 110 cm³/mol. The molecule has 0 saturated carbocycles. The molecule has 2 aromatic rings. The third-order valence-electron chi connectivity index (χ3n) is 3.95. The van der Waals surface area contributed by atoms with E-state index in [2.05, 4.69) is 22.8 Å². The van der Waals surface area contributed by atoms with E-state index in [-0.39, 0.29) is 5.91 Å². The average Bonchev–Trinajstić information content (AvgIpc) is 2.70. The Bertz CT molecular complexity index is 770. The summed E-state index contributed by atoms with van der Waals surface area (Å²) in [5.41, 5.74) is 0.876. The lowest BCUT2D eigenvalue weighted by molar-refractivity contribution is -0.127. The number of nitrogens with one attached hydrogen (secondary N) is 2. The van der Waals surface area contributed by atoms with Gasteiger partial charge in [0.1, 0.15) is 5.75 Å². The van der Waals surface area contributed by atoms with Crippen LogP contribution in [0, 0.1) is 0 Å². The van der Waals surface area contributed by atoms with E-state index in [9.17, 15) is 4.79 Å². The van der Waals surface area contributed by atoms with Crippen molar-refractivity contribution in [2.75, 3.05) is 30.8 Å². The molecule has 5 nitrogen and oxygen atoms in total. The minimum absolute atomic E-state index is 0.160. The van der Waals surface area contributed by atoms with Crippen LogP contribution in [0.5, 0.6) is 5.75 Å². The van der Waals surface area contributed by atoms with Crippen molar-refractivity contribution in [1.29, 1.82) is 0 Å². The first-order valence-corrected chi connectivity index (χ1v) is 9.79. The number of hydrogen-bond donors (Lipinski definition) is 2. The quantitative estimate of drug-likeness (QED) is 0.467. The molecular weight excluding hydrogens is 366 g/mol. The number of likely N-dealkylation sites (N-methyl/N-ethyl adjacent to an activating group) is 1. The minimum Gasteiger partial charge on any atom is -0.477 e. The largest absolute Gasteiger partial charge is 0.477 e. The zero-order valence-electron chi connectivity index (χ0n) is 14.5. The van der Waals surface area contributed by atoms with Crippen molar-refractivity contribution in [3.8, 4) is 5.75 Å². The summed E-state index contributed by atoms with van der Waals surface area (Å²) in [6, 6.07) is 17.9. The van der Waals surface area contributed by atoms with E-state index in [1.807, 2.05) is 47.4 Å². The number of rotatable bonds is 5. The SMILES string of the molecule is CNC(=O)C1CN(C(=S)NCCSc2ccccc2)c2ccccc2O1. The fourth-order valence-corrected chi connectivity index (χ4v) is 3.73. The topological polar surface area (TPSA) is 53.6 Å². The maximum Gasteiger partial charge on any atom is 0.262 e. The summed E-state index contributed by atoms with van der Waals surface area (Å²) in [4.78, 5) is 15.2. The number of ether oxygens (including phenoxy) is 1. The second-order valence-electron chi connectivity index (χ2n) is 5.69. The van der Waals surface area contributed by atoms with Crippen molar-refractivity contribution < 1.29 is 9.53 Å². The molecule has 0 fully saturated rings. The van der Waals surface area contributed by atoms with Crippen molar-refractivity contribution in [1.82, 2.24) is 10.6 Å². The van der Waals surface area contributed by atoms with Crippen LogP contribution in [0.1, 0.15) is 0 Å². The van der Waals surface area contributed by atoms with Crippen LogP contribution in [-0.2, 0) is 4.79 Å². The number of anilines is 1. The second-order valence-corrected chi connectivity index (χ2v) is 7.25. The molecule has 1 heterocycles. The van der Waals surface area contributed by atoms with Gasteiger partial charge >= 0.3 is 0 Å². The number of benzene rings is 2. The van der Waals surface area contributed by atoms with Crippen LogP contribution in [0.4, 0.5) is 5.69 Å². The predicted octanol–water partition coefficient (Wildman–Crippen LogP) is 2.67. The van der Waals surface area contributed by atoms with E-state index in [0.717, 1.165) is 18.0 Å². The number of thiocarbonyl (C=S) groups is 1. The number of nitrogens with zero attached hydrogens (tertiary/aromatic N) is 1. The van der Waals surface area contributed by atoms with Crippen molar-refractivity contribution in [2.45, 2.75) is 11.0 Å². The Balaban J connectivity index is 1.61. The molecule has 1 aliphatic heterocycles. The number of carbonyl (C=O) groups excluding carboxylic acids is 1. The van der Waals surface area contributed by atoms with E-state index in [4.69, 9.17) is 17.0 Å². The highest BCUT2D eigenvalue weighted by molar-refractivity contribution is 7.99. The Morgan fingerprint density at radius 3 is 2.73 bits per heavy atom. The van der Waals surface area contributed by atoms with Gasteiger partial charge in [-0.15, -0.1) is 11.8 Å². The molecule has 0 saturated heterocycles. The number of amides is 1. The van der Waals surface area contributed by atoms with Gasteiger partial charge in [-0.1, -0.05) is 30.3 Å². The molecule has 0 radical (unpaired) electrons. The first-order chi connectivity index (χ1) is 12.7. The van der Waals surface area contributed by atoms with Crippen LogP contribution >= 0.6 is 24.0 Å². The van der Waals surface area contributed by atoms with Gasteiger partial charge in [-0.3, -0.25) is 4.79 Å². The minimum atomic E-state index is -0.589. The van der Waals surface area contributed by atoms with E-state index in [0.29, 0.717) is 17.4 Å². The number of hydrogen-bond acceptors (Lipinski definition) is 4. The summed E-state index contributed by atoms with van der Waals surface area (Å²) >= 11 is 7.35. The third kappa shape index (κ3) is 4.47. The van der Waals surface area contributed by atoms with Crippen LogP contribution in [0.3, 0.4) is 0 Å². The van der Waals surface area contributed by atoms with E-state index in [1.54, 1.807) is 18.8 Å². The summed E-state index contributed by atoms with van der Waals surface area (Å²) in [6.07, 6.45) is -0.589. The van der Waals surface area contributed by atoms with Gasteiger partial charge < -0.3 is 20.3 Å². The lowest BCUT2D eigenvalue weighted by atomic mass is 10.2. The van der Waals surface area contributed by atoms with Crippen molar-refractivity contribution in [3.05, 3.63) is 54.6 Å². The van der Waals surface area contributed by atoms with Crippen LogP contribution in [0.15, 0.2) is 59.5 Å². The molecule has 3 rings (SSSR count). The summed E-state index contributed by atoms with van der Waals surface area (Å²) < 4.78 is 5.80.